The lowest BCUT2D eigenvalue weighted by Crippen LogP contribution is -2.21. The summed E-state index contributed by atoms with van der Waals surface area (Å²) in [7, 11) is 0. The summed E-state index contributed by atoms with van der Waals surface area (Å²) < 4.78 is 5.09. The second-order valence-corrected chi connectivity index (χ2v) is 4.21. The van der Waals surface area contributed by atoms with Crippen molar-refractivity contribution in [2.75, 3.05) is 6.61 Å². The van der Waals surface area contributed by atoms with E-state index in [1.807, 2.05) is 20.8 Å². The molecule has 82 valence electrons. The fourth-order valence-corrected chi connectivity index (χ4v) is 0.886. The van der Waals surface area contributed by atoms with Gasteiger partial charge in [0.2, 0.25) is 0 Å². The van der Waals surface area contributed by atoms with E-state index >= 15 is 0 Å². The fourth-order valence-electron chi connectivity index (χ4n) is 0.886. The summed E-state index contributed by atoms with van der Waals surface area (Å²) in [5, 5.41) is 0. The maximum atomic E-state index is 11.5. The van der Waals surface area contributed by atoms with Crippen LogP contribution in [0.4, 0.5) is 0 Å². The monoisotopic (exact) mass is 198 g/mol. The molecule has 0 spiro atoms. The Labute approximate surface area is 87.3 Å². The van der Waals surface area contributed by atoms with Crippen LogP contribution in [-0.4, -0.2) is 12.6 Å². The van der Waals surface area contributed by atoms with Crippen molar-refractivity contribution in [2.45, 2.75) is 47.0 Å². The van der Waals surface area contributed by atoms with Crippen LogP contribution in [0.2, 0.25) is 0 Å². The quantitative estimate of drug-likeness (QED) is 0.372. The largest absolute Gasteiger partial charge is 0.462 e. The molecule has 2 nitrogen and oxygen atoms in total. The van der Waals surface area contributed by atoms with E-state index in [-0.39, 0.29) is 11.4 Å². The van der Waals surface area contributed by atoms with E-state index < -0.39 is 0 Å². The van der Waals surface area contributed by atoms with Crippen molar-refractivity contribution in [3.8, 4) is 0 Å². The van der Waals surface area contributed by atoms with Crippen LogP contribution < -0.4 is 0 Å². The van der Waals surface area contributed by atoms with Crippen LogP contribution in [0.5, 0.6) is 0 Å². The van der Waals surface area contributed by atoms with Crippen molar-refractivity contribution in [3.05, 3.63) is 12.2 Å². The molecule has 0 unspecified atom stereocenters. The van der Waals surface area contributed by atoms with Gasteiger partial charge in [0, 0.05) is 5.57 Å². The minimum absolute atomic E-state index is 0.150. The first-order chi connectivity index (χ1) is 6.45. The number of esters is 1. The molecule has 0 aliphatic carbocycles. The molecular weight excluding hydrogens is 176 g/mol. The average Bonchev–Trinajstić information content (AvgIpc) is 2.17. The Balaban J connectivity index is 4.06. The third kappa shape index (κ3) is 3.95. The lowest BCUT2D eigenvalue weighted by Gasteiger charge is -2.23. The highest BCUT2D eigenvalue weighted by Gasteiger charge is 2.25. The molecule has 0 fully saturated rings. The van der Waals surface area contributed by atoms with Gasteiger partial charge in [-0.1, -0.05) is 40.7 Å². The zero-order chi connectivity index (χ0) is 11.2. The summed E-state index contributed by atoms with van der Waals surface area (Å²) in [6.07, 6.45) is 2.86. The average molecular weight is 198 g/mol. The molecule has 0 atom stereocenters. The van der Waals surface area contributed by atoms with E-state index in [0.717, 1.165) is 19.3 Å². The normalized spacial score (nSPS) is 11.1. The molecule has 0 aromatic heterocycles. The number of ether oxygens (including phenoxy) is 1. The maximum absolute atomic E-state index is 11.5. The Hall–Kier alpha value is -0.790. The molecule has 0 aliphatic rings. The van der Waals surface area contributed by atoms with Gasteiger partial charge in [0.25, 0.3) is 0 Å². The third-order valence-corrected chi connectivity index (χ3v) is 2.68. The van der Waals surface area contributed by atoms with Gasteiger partial charge in [-0.25, -0.2) is 4.79 Å². The zero-order valence-electron chi connectivity index (χ0n) is 9.85. The Bertz CT molecular complexity index is 204. The van der Waals surface area contributed by atoms with E-state index in [1.54, 1.807) is 0 Å². The summed E-state index contributed by atoms with van der Waals surface area (Å²) >= 11 is 0. The van der Waals surface area contributed by atoms with Gasteiger partial charge in [0.1, 0.15) is 0 Å². The highest BCUT2D eigenvalue weighted by atomic mass is 16.5. The SMILES string of the molecule is C=C(C(=O)OCCCC)C(C)(C)CC. The number of unbranched alkanes of at least 4 members (excludes halogenated alkanes) is 1. The zero-order valence-corrected chi connectivity index (χ0v) is 9.85. The van der Waals surface area contributed by atoms with Gasteiger partial charge in [-0.15, -0.1) is 0 Å². The topological polar surface area (TPSA) is 26.3 Å². The number of carbonyl (C=O) groups is 1. The number of hydrogen-bond donors (Lipinski definition) is 0. The van der Waals surface area contributed by atoms with E-state index in [9.17, 15) is 4.79 Å². The second kappa shape index (κ2) is 5.84. The van der Waals surface area contributed by atoms with Crippen molar-refractivity contribution in [3.63, 3.8) is 0 Å². The van der Waals surface area contributed by atoms with Gasteiger partial charge >= 0.3 is 5.97 Å². The smallest absolute Gasteiger partial charge is 0.333 e. The van der Waals surface area contributed by atoms with Crippen LogP contribution in [0.3, 0.4) is 0 Å². The molecule has 0 rings (SSSR count). The predicted molar refractivity (Wildman–Crippen MR) is 59.1 cm³/mol. The van der Waals surface area contributed by atoms with Gasteiger partial charge in [-0.2, -0.15) is 0 Å². The maximum Gasteiger partial charge on any atom is 0.333 e. The van der Waals surface area contributed by atoms with Gasteiger partial charge in [0.15, 0.2) is 0 Å². The number of hydrogen-bond acceptors (Lipinski definition) is 2. The molecule has 0 bridgehead atoms. The lowest BCUT2D eigenvalue weighted by molar-refractivity contribution is -0.140. The van der Waals surface area contributed by atoms with Crippen molar-refractivity contribution in [1.82, 2.24) is 0 Å². The highest BCUT2D eigenvalue weighted by Crippen LogP contribution is 2.29. The Kier molecular flexibility index (Phi) is 5.51. The van der Waals surface area contributed by atoms with Crippen LogP contribution in [-0.2, 0) is 9.53 Å². The summed E-state index contributed by atoms with van der Waals surface area (Å²) in [4.78, 5) is 11.5. The molecule has 0 aromatic rings. The first-order valence-electron chi connectivity index (χ1n) is 5.32. The first-order valence-corrected chi connectivity index (χ1v) is 5.32. The van der Waals surface area contributed by atoms with E-state index in [0.29, 0.717) is 12.2 Å². The van der Waals surface area contributed by atoms with Crippen LogP contribution in [0, 0.1) is 5.41 Å². The Morgan fingerprint density at radius 3 is 2.36 bits per heavy atom. The first kappa shape index (κ1) is 13.2. The Morgan fingerprint density at radius 2 is 1.93 bits per heavy atom. The molecule has 14 heavy (non-hydrogen) atoms. The van der Waals surface area contributed by atoms with Gasteiger partial charge in [0.05, 0.1) is 6.61 Å². The van der Waals surface area contributed by atoms with Crippen LogP contribution in [0.1, 0.15) is 47.0 Å². The van der Waals surface area contributed by atoms with Gasteiger partial charge < -0.3 is 4.74 Å². The third-order valence-electron chi connectivity index (χ3n) is 2.68. The van der Waals surface area contributed by atoms with E-state index in [2.05, 4.69) is 13.5 Å². The standard InChI is InChI=1S/C12H22O2/c1-6-8-9-14-11(13)10(3)12(4,5)7-2/h3,6-9H2,1-2,4-5H3. The summed E-state index contributed by atoms with van der Waals surface area (Å²) in [6, 6.07) is 0. The molecule has 0 saturated carbocycles. The molecule has 0 aliphatic heterocycles. The van der Waals surface area contributed by atoms with Crippen LogP contribution in [0.25, 0.3) is 0 Å². The van der Waals surface area contributed by atoms with Crippen molar-refractivity contribution < 1.29 is 9.53 Å². The van der Waals surface area contributed by atoms with Gasteiger partial charge in [-0.3, -0.25) is 0 Å². The number of carbonyl (C=O) groups excluding carboxylic acids is 1. The fraction of sp³-hybridized carbons (Fsp3) is 0.750. The van der Waals surface area contributed by atoms with Crippen molar-refractivity contribution >= 4 is 5.97 Å². The molecule has 0 N–H and O–H groups in total. The molecule has 2 heteroatoms. The minimum atomic E-state index is -0.245. The molecule has 0 radical (unpaired) electrons. The van der Waals surface area contributed by atoms with E-state index in [4.69, 9.17) is 4.74 Å². The summed E-state index contributed by atoms with van der Waals surface area (Å²) in [6.45, 7) is 12.4. The number of rotatable bonds is 6. The Morgan fingerprint density at radius 1 is 1.36 bits per heavy atom. The summed E-state index contributed by atoms with van der Waals surface area (Å²) in [5.74, 6) is -0.245. The van der Waals surface area contributed by atoms with Gasteiger partial charge in [-0.05, 0) is 18.3 Å². The second-order valence-electron chi connectivity index (χ2n) is 4.21. The molecular formula is C12H22O2. The molecule has 0 saturated heterocycles. The van der Waals surface area contributed by atoms with Crippen LogP contribution in [0.15, 0.2) is 12.2 Å². The van der Waals surface area contributed by atoms with Crippen LogP contribution >= 0.6 is 0 Å². The van der Waals surface area contributed by atoms with E-state index in [1.165, 1.54) is 0 Å². The predicted octanol–water partition coefficient (Wildman–Crippen LogP) is 3.32. The lowest BCUT2D eigenvalue weighted by atomic mass is 9.83. The van der Waals surface area contributed by atoms with Crippen molar-refractivity contribution in [2.24, 2.45) is 5.41 Å². The minimum Gasteiger partial charge on any atom is -0.462 e. The highest BCUT2D eigenvalue weighted by molar-refractivity contribution is 5.89. The molecule has 0 heterocycles. The molecule has 0 amide bonds. The molecule has 0 aromatic carbocycles. The van der Waals surface area contributed by atoms with Crippen molar-refractivity contribution in [1.29, 1.82) is 0 Å². The summed E-state index contributed by atoms with van der Waals surface area (Å²) in [5.41, 5.74) is 0.430.